The van der Waals surface area contributed by atoms with E-state index in [2.05, 4.69) is 36.6 Å². The van der Waals surface area contributed by atoms with Gasteiger partial charge in [0.05, 0.1) is 15.1 Å². The van der Waals surface area contributed by atoms with E-state index in [1.165, 1.54) is 18.2 Å². The van der Waals surface area contributed by atoms with Crippen molar-refractivity contribution < 1.29 is 17.6 Å². The highest BCUT2D eigenvalue weighted by atomic mass is 79.9. The molecule has 2 aromatic carbocycles. The number of nitrogens with one attached hydrogen (secondary N) is 1. The van der Waals surface area contributed by atoms with E-state index in [1.54, 1.807) is 13.0 Å². The highest BCUT2D eigenvalue weighted by Crippen LogP contribution is 2.34. The van der Waals surface area contributed by atoms with Crippen LogP contribution in [0, 0.1) is 12.7 Å². The fourth-order valence-electron chi connectivity index (χ4n) is 2.69. The Kier molecular flexibility index (Phi) is 4.57. The molecule has 0 saturated carbocycles. The molecule has 0 unspecified atom stereocenters. The smallest absolute Gasteiger partial charge is 0.262 e. The van der Waals surface area contributed by atoms with Crippen molar-refractivity contribution in [3.8, 4) is 0 Å². The van der Waals surface area contributed by atoms with Gasteiger partial charge in [-0.15, -0.1) is 0 Å². The third-order valence-electron chi connectivity index (χ3n) is 3.95. The predicted molar refractivity (Wildman–Crippen MR) is 96.4 cm³/mol. The van der Waals surface area contributed by atoms with Crippen molar-refractivity contribution in [1.82, 2.24) is 0 Å². The van der Waals surface area contributed by atoms with Crippen molar-refractivity contribution >= 4 is 53.4 Å². The maximum Gasteiger partial charge on any atom is 0.262 e. The average Bonchev–Trinajstić information content (AvgIpc) is 2.88. The number of hydrogen-bond acceptors (Lipinski definition) is 3. The number of ketones is 1. The van der Waals surface area contributed by atoms with Crippen LogP contribution >= 0.6 is 31.9 Å². The van der Waals surface area contributed by atoms with Gasteiger partial charge in [-0.2, -0.15) is 0 Å². The second-order valence-corrected chi connectivity index (χ2v) is 8.85. The molecule has 0 aliphatic heterocycles. The zero-order chi connectivity index (χ0) is 17.6. The zero-order valence-corrected chi connectivity index (χ0v) is 16.5. The quantitative estimate of drug-likeness (QED) is 0.704. The predicted octanol–water partition coefficient (Wildman–Crippen LogP) is 4.59. The summed E-state index contributed by atoms with van der Waals surface area (Å²) in [5.41, 5.74) is 1.68. The summed E-state index contributed by atoms with van der Waals surface area (Å²) in [7, 11) is -3.91. The molecule has 0 bridgehead atoms. The Labute approximate surface area is 155 Å². The van der Waals surface area contributed by atoms with Gasteiger partial charge in [-0.25, -0.2) is 12.8 Å². The Hall–Kier alpha value is -1.25. The summed E-state index contributed by atoms with van der Waals surface area (Å²) in [4.78, 5) is 12.0. The fraction of sp³-hybridized carbons (Fsp3) is 0.188. The SMILES string of the molecule is Cc1c(NS(=O)(=O)c2cc(Br)cc3c2CCC3=O)ccc(F)c1Br. The van der Waals surface area contributed by atoms with Crippen LogP contribution in [0.2, 0.25) is 0 Å². The van der Waals surface area contributed by atoms with Gasteiger partial charge in [0.1, 0.15) is 5.82 Å². The molecule has 1 aliphatic carbocycles. The van der Waals surface area contributed by atoms with Gasteiger partial charge in [0.25, 0.3) is 10.0 Å². The normalized spacial score (nSPS) is 13.9. The van der Waals surface area contributed by atoms with Crippen LogP contribution in [0.15, 0.2) is 38.1 Å². The Bertz CT molecular complexity index is 974. The minimum Gasteiger partial charge on any atom is -0.294 e. The van der Waals surface area contributed by atoms with E-state index < -0.39 is 15.8 Å². The van der Waals surface area contributed by atoms with Gasteiger partial charge < -0.3 is 0 Å². The fourth-order valence-corrected chi connectivity index (χ4v) is 5.09. The maximum atomic E-state index is 13.5. The Morgan fingerprint density at radius 1 is 1.17 bits per heavy atom. The lowest BCUT2D eigenvalue weighted by Crippen LogP contribution is -2.16. The number of Topliss-reactive ketones (excluding diaryl/α,β-unsaturated/α-hetero) is 1. The van der Waals surface area contributed by atoms with Crippen molar-refractivity contribution in [1.29, 1.82) is 0 Å². The monoisotopic (exact) mass is 475 g/mol. The Morgan fingerprint density at radius 3 is 2.58 bits per heavy atom. The van der Waals surface area contributed by atoms with Crippen molar-refractivity contribution in [2.24, 2.45) is 0 Å². The van der Waals surface area contributed by atoms with Gasteiger partial charge in [0.15, 0.2) is 5.78 Å². The molecule has 4 nitrogen and oxygen atoms in total. The van der Waals surface area contributed by atoms with E-state index >= 15 is 0 Å². The number of rotatable bonds is 3. The molecule has 126 valence electrons. The molecule has 0 atom stereocenters. The standard InChI is InChI=1S/C16H12Br2FNO3S/c1-8-13(4-3-12(19)16(8)18)20-24(22,23)15-7-9(17)6-11-10(15)2-5-14(11)21/h3-4,6-7,20H,2,5H2,1H3. The van der Waals surface area contributed by atoms with Crippen LogP contribution in [-0.2, 0) is 16.4 Å². The molecule has 0 radical (unpaired) electrons. The molecule has 3 rings (SSSR count). The first-order chi connectivity index (χ1) is 11.2. The van der Waals surface area contributed by atoms with Crippen LogP contribution in [0.4, 0.5) is 10.1 Å². The molecule has 1 aliphatic rings. The molecule has 0 aromatic heterocycles. The highest BCUT2D eigenvalue weighted by molar-refractivity contribution is 9.10. The summed E-state index contributed by atoms with van der Waals surface area (Å²) in [6.07, 6.45) is 0.694. The van der Waals surface area contributed by atoms with Crippen LogP contribution in [-0.4, -0.2) is 14.2 Å². The lowest BCUT2D eigenvalue weighted by atomic mass is 10.1. The summed E-state index contributed by atoms with van der Waals surface area (Å²) >= 11 is 6.36. The van der Waals surface area contributed by atoms with Crippen LogP contribution in [0.3, 0.4) is 0 Å². The van der Waals surface area contributed by atoms with Gasteiger partial charge in [-0.1, -0.05) is 15.9 Å². The highest BCUT2D eigenvalue weighted by Gasteiger charge is 2.29. The summed E-state index contributed by atoms with van der Waals surface area (Å²) in [6, 6.07) is 5.68. The Morgan fingerprint density at radius 2 is 1.88 bits per heavy atom. The first-order valence-corrected chi connectivity index (χ1v) is 10.1. The van der Waals surface area contributed by atoms with E-state index in [-0.39, 0.29) is 20.8 Å². The number of fused-ring (bicyclic) bond motifs is 1. The van der Waals surface area contributed by atoms with Crippen molar-refractivity contribution in [3.63, 3.8) is 0 Å². The average molecular weight is 477 g/mol. The van der Waals surface area contributed by atoms with E-state index in [1.807, 2.05) is 0 Å². The minimum atomic E-state index is -3.91. The molecule has 2 aromatic rings. The molecular weight excluding hydrogens is 465 g/mol. The molecule has 8 heteroatoms. The molecule has 0 spiro atoms. The number of anilines is 1. The minimum absolute atomic E-state index is 0.0662. The number of carbonyl (C=O) groups is 1. The van der Waals surface area contributed by atoms with E-state index in [9.17, 15) is 17.6 Å². The first-order valence-electron chi connectivity index (χ1n) is 7.04. The summed E-state index contributed by atoms with van der Waals surface area (Å²) in [6.45, 7) is 1.61. The molecule has 0 saturated heterocycles. The van der Waals surface area contributed by atoms with Gasteiger partial charge in [0.2, 0.25) is 0 Å². The first kappa shape index (κ1) is 17.6. The summed E-state index contributed by atoms with van der Waals surface area (Å²) in [5, 5.41) is 0. The van der Waals surface area contributed by atoms with Crippen LogP contribution in [0.1, 0.15) is 27.9 Å². The molecule has 0 amide bonds. The molecule has 24 heavy (non-hydrogen) atoms. The lowest BCUT2D eigenvalue weighted by Gasteiger charge is -2.14. The molecular formula is C16H12Br2FNO3S. The lowest BCUT2D eigenvalue weighted by molar-refractivity contribution is 0.0994. The van der Waals surface area contributed by atoms with E-state index in [4.69, 9.17) is 0 Å². The van der Waals surface area contributed by atoms with E-state index in [0.717, 1.165) is 0 Å². The second kappa shape index (κ2) is 6.24. The van der Waals surface area contributed by atoms with Crippen LogP contribution in [0.5, 0.6) is 0 Å². The number of hydrogen-bond donors (Lipinski definition) is 1. The van der Waals surface area contributed by atoms with Crippen LogP contribution in [0.25, 0.3) is 0 Å². The molecule has 0 fully saturated rings. The topological polar surface area (TPSA) is 63.2 Å². The number of halogens is 3. The Balaban J connectivity index is 2.09. The third kappa shape index (κ3) is 3.02. The number of benzene rings is 2. The van der Waals surface area contributed by atoms with Gasteiger partial charge in [-0.05, 0) is 64.7 Å². The second-order valence-electron chi connectivity index (χ2n) is 5.49. The molecule has 1 N–H and O–H groups in total. The van der Waals surface area contributed by atoms with Gasteiger partial charge >= 0.3 is 0 Å². The van der Waals surface area contributed by atoms with Gasteiger partial charge in [0, 0.05) is 16.5 Å². The molecule has 0 heterocycles. The summed E-state index contributed by atoms with van der Waals surface area (Å²) < 4.78 is 42.4. The maximum absolute atomic E-state index is 13.5. The number of sulfonamides is 1. The third-order valence-corrected chi connectivity index (χ3v) is 6.81. The van der Waals surface area contributed by atoms with Crippen LogP contribution < -0.4 is 4.72 Å². The summed E-state index contributed by atoms with van der Waals surface area (Å²) in [5.74, 6) is -0.534. The van der Waals surface area contributed by atoms with Gasteiger partial charge in [-0.3, -0.25) is 9.52 Å². The number of carbonyl (C=O) groups excluding carboxylic acids is 1. The zero-order valence-electron chi connectivity index (χ0n) is 12.5. The van der Waals surface area contributed by atoms with Crippen molar-refractivity contribution in [3.05, 3.63) is 55.7 Å². The van der Waals surface area contributed by atoms with Crippen molar-refractivity contribution in [2.45, 2.75) is 24.7 Å². The van der Waals surface area contributed by atoms with E-state index in [0.29, 0.717) is 34.0 Å². The van der Waals surface area contributed by atoms with Crippen molar-refractivity contribution in [2.75, 3.05) is 4.72 Å². The largest absolute Gasteiger partial charge is 0.294 e.